The quantitative estimate of drug-likeness (QED) is 0.332. The van der Waals surface area contributed by atoms with Gasteiger partial charge in [-0.05, 0) is 49.1 Å². The number of aromatic nitrogens is 2. The van der Waals surface area contributed by atoms with Crippen LogP contribution in [0.1, 0.15) is 36.4 Å². The number of hydrogen-bond acceptors (Lipinski definition) is 3. The predicted octanol–water partition coefficient (Wildman–Crippen LogP) is 5.57. The summed E-state index contributed by atoms with van der Waals surface area (Å²) < 4.78 is 7.54. The van der Waals surface area contributed by atoms with Crippen LogP contribution in [-0.4, -0.2) is 35.2 Å². The number of amides is 1. The molecule has 34 heavy (non-hydrogen) atoms. The summed E-state index contributed by atoms with van der Waals surface area (Å²) >= 11 is 0. The first-order valence-corrected chi connectivity index (χ1v) is 11.9. The maximum atomic E-state index is 14.0. The first kappa shape index (κ1) is 23.7. The molecule has 1 heterocycles. The molecular formula is C29H33N3O2. The fourth-order valence-corrected chi connectivity index (χ4v) is 4.68. The van der Waals surface area contributed by atoms with Crippen molar-refractivity contribution in [3.8, 4) is 0 Å². The van der Waals surface area contributed by atoms with Gasteiger partial charge in [-0.15, -0.1) is 0 Å². The van der Waals surface area contributed by atoms with Crippen molar-refractivity contribution in [2.45, 2.75) is 46.2 Å². The SMILES string of the molecule is CCc1cccc(C)c1N(C(=O)Cn1c(Cc2ccccc2)nc2ccccc21)C(C)COC. The second kappa shape index (κ2) is 10.7. The molecule has 4 rings (SSSR count). The van der Waals surface area contributed by atoms with Gasteiger partial charge in [0.1, 0.15) is 12.4 Å². The Balaban J connectivity index is 1.76. The monoisotopic (exact) mass is 455 g/mol. The topological polar surface area (TPSA) is 47.4 Å². The number of fused-ring (bicyclic) bond motifs is 1. The van der Waals surface area contributed by atoms with Crippen LogP contribution in [0.4, 0.5) is 5.69 Å². The van der Waals surface area contributed by atoms with Crippen LogP contribution in [0.5, 0.6) is 0 Å². The second-order valence-corrected chi connectivity index (χ2v) is 8.77. The Morgan fingerprint density at radius 2 is 1.76 bits per heavy atom. The molecule has 5 heteroatoms. The van der Waals surface area contributed by atoms with E-state index in [1.165, 1.54) is 5.56 Å². The van der Waals surface area contributed by atoms with Crippen LogP contribution >= 0.6 is 0 Å². The normalized spacial score (nSPS) is 12.1. The summed E-state index contributed by atoms with van der Waals surface area (Å²) in [4.78, 5) is 20.8. The zero-order valence-corrected chi connectivity index (χ0v) is 20.5. The summed E-state index contributed by atoms with van der Waals surface area (Å²) in [7, 11) is 1.68. The van der Waals surface area contributed by atoms with E-state index in [0.29, 0.717) is 13.0 Å². The maximum Gasteiger partial charge on any atom is 0.247 e. The van der Waals surface area contributed by atoms with Gasteiger partial charge in [0, 0.05) is 13.5 Å². The molecule has 0 N–H and O–H groups in total. The number of benzene rings is 3. The van der Waals surface area contributed by atoms with E-state index in [9.17, 15) is 4.79 Å². The fraction of sp³-hybridized carbons (Fsp3) is 0.310. The molecule has 3 aromatic carbocycles. The van der Waals surface area contributed by atoms with Gasteiger partial charge in [-0.2, -0.15) is 0 Å². The zero-order valence-electron chi connectivity index (χ0n) is 20.5. The molecule has 0 aliphatic heterocycles. The number of anilines is 1. The summed E-state index contributed by atoms with van der Waals surface area (Å²) in [6.07, 6.45) is 1.52. The van der Waals surface area contributed by atoms with E-state index in [0.717, 1.165) is 40.1 Å². The van der Waals surface area contributed by atoms with Gasteiger partial charge in [-0.25, -0.2) is 4.98 Å². The van der Waals surface area contributed by atoms with Gasteiger partial charge in [0.15, 0.2) is 0 Å². The van der Waals surface area contributed by atoms with Crippen molar-refractivity contribution in [3.63, 3.8) is 0 Å². The Kier molecular flexibility index (Phi) is 7.43. The average Bonchev–Trinajstić information content (AvgIpc) is 3.18. The molecule has 0 aliphatic rings. The minimum absolute atomic E-state index is 0.0333. The molecule has 0 spiro atoms. The first-order chi connectivity index (χ1) is 16.5. The molecule has 0 aliphatic carbocycles. The van der Waals surface area contributed by atoms with Gasteiger partial charge in [-0.1, -0.05) is 67.6 Å². The number of methoxy groups -OCH3 is 1. The summed E-state index contributed by atoms with van der Waals surface area (Å²) in [5.74, 6) is 0.923. The molecule has 1 aromatic heterocycles. The van der Waals surface area contributed by atoms with Crippen LogP contribution in [0, 0.1) is 6.92 Å². The average molecular weight is 456 g/mol. The lowest BCUT2D eigenvalue weighted by Gasteiger charge is -2.32. The Morgan fingerprint density at radius 1 is 1.03 bits per heavy atom. The molecular weight excluding hydrogens is 422 g/mol. The molecule has 0 bridgehead atoms. The highest BCUT2D eigenvalue weighted by atomic mass is 16.5. The number of ether oxygens (including phenoxy) is 1. The Morgan fingerprint density at radius 3 is 2.50 bits per heavy atom. The smallest absolute Gasteiger partial charge is 0.247 e. The third kappa shape index (κ3) is 4.90. The third-order valence-electron chi connectivity index (χ3n) is 6.29. The molecule has 0 saturated heterocycles. The number of carbonyl (C=O) groups is 1. The minimum Gasteiger partial charge on any atom is -0.383 e. The summed E-state index contributed by atoms with van der Waals surface area (Å²) in [6.45, 7) is 6.92. The van der Waals surface area contributed by atoms with Crippen LogP contribution in [0.15, 0.2) is 72.8 Å². The van der Waals surface area contributed by atoms with E-state index in [-0.39, 0.29) is 18.5 Å². The molecule has 176 valence electrons. The second-order valence-electron chi connectivity index (χ2n) is 8.77. The van der Waals surface area contributed by atoms with Crippen LogP contribution in [-0.2, 0) is 28.9 Å². The lowest BCUT2D eigenvalue weighted by atomic mass is 10.0. The van der Waals surface area contributed by atoms with Gasteiger partial charge in [0.2, 0.25) is 5.91 Å². The summed E-state index contributed by atoms with van der Waals surface area (Å²) in [5, 5.41) is 0. The number of carbonyl (C=O) groups excluding carboxylic acids is 1. The first-order valence-electron chi connectivity index (χ1n) is 11.9. The van der Waals surface area contributed by atoms with Gasteiger partial charge in [0.05, 0.1) is 29.4 Å². The van der Waals surface area contributed by atoms with E-state index < -0.39 is 0 Å². The molecule has 4 aromatic rings. The van der Waals surface area contributed by atoms with Gasteiger partial charge < -0.3 is 14.2 Å². The van der Waals surface area contributed by atoms with Gasteiger partial charge in [0.25, 0.3) is 0 Å². The highest BCUT2D eigenvalue weighted by Gasteiger charge is 2.27. The van der Waals surface area contributed by atoms with E-state index in [1.807, 2.05) is 54.3 Å². The van der Waals surface area contributed by atoms with Crippen molar-refractivity contribution < 1.29 is 9.53 Å². The van der Waals surface area contributed by atoms with Crippen molar-refractivity contribution >= 4 is 22.6 Å². The number of imidazole rings is 1. The van der Waals surface area contributed by atoms with E-state index in [1.54, 1.807) is 7.11 Å². The van der Waals surface area contributed by atoms with Crippen molar-refractivity contribution in [3.05, 3.63) is 95.3 Å². The van der Waals surface area contributed by atoms with E-state index >= 15 is 0 Å². The Bertz CT molecular complexity index is 1260. The molecule has 0 fully saturated rings. The van der Waals surface area contributed by atoms with E-state index in [4.69, 9.17) is 9.72 Å². The van der Waals surface area contributed by atoms with Crippen LogP contribution < -0.4 is 4.90 Å². The molecule has 0 saturated carbocycles. The van der Waals surface area contributed by atoms with Crippen molar-refractivity contribution in [2.75, 3.05) is 18.6 Å². The van der Waals surface area contributed by atoms with Crippen LogP contribution in [0.2, 0.25) is 0 Å². The number of hydrogen-bond donors (Lipinski definition) is 0. The lowest BCUT2D eigenvalue weighted by molar-refractivity contribution is -0.119. The number of para-hydroxylation sites is 3. The van der Waals surface area contributed by atoms with Crippen LogP contribution in [0.25, 0.3) is 11.0 Å². The molecule has 5 nitrogen and oxygen atoms in total. The van der Waals surface area contributed by atoms with E-state index in [2.05, 4.69) is 48.7 Å². The number of rotatable bonds is 9. The highest BCUT2D eigenvalue weighted by Crippen LogP contribution is 2.29. The summed E-state index contributed by atoms with van der Waals surface area (Å²) in [5.41, 5.74) is 6.30. The number of nitrogens with zero attached hydrogens (tertiary/aromatic N) is 3. The van der Waals surface area contributed by atoms with Gasteiger partial charge >= 0.3 is 0 Å². The lowest BCUT2D eigenvalue weighted by Crippen LogP contribution is -2.44. The van der Waals surface area contributed by atoms with Gasteiger partial charge in [-0.3, -0.25) is 4.79 Å². The van der Waals surface area contributed by atoms with Crippen molar-refractivity contribution in [1.82, 2.24) is 9.55 Å². The predicted molar refractivity (Wildman–Crippen MR) is 138 cm³/mol. The molecule has 1 unspecified atom stereocenters. The number of aryl methyl sites for hydroxylation is 2. The Labute approximate surface area is 202 Å². The molecule has 1 atom stereocenters. The molecule has 1 amide bonds. The minimum atomic E-state index is -0.101. The highest BCUT2D eigenvalue weighted by molar-refractivity contribution is 5.96. The summed E-state index contributed by atoms with van der Waals surface area (Å²) in [6, 6.07) is 24.4. The van der Waals surface area contributed by atoms with Crippen molar-refractivity contribution in [1.29, 1.82) is 0 Å². The standard InChI is InChI=1S/C29H33N3O2/c1-5-24-15-11-12-21(2)29(24)32(22(3)20-34-4)28(33)19-31-26-17-10-9-16-25(26)30-27(31)18-23-13-7-6-8-14-23/h6-17,22H,5,18-20H2,1-4H3. The Hall–Kier alpha value is -3.44. The molecule has 0 radical (unpaired) electrons. The zero-order chi connectivity index (χ0) is 24.1. The fourth-order valence-electron chi connectivity index (χ4n) is 4.68. The third-order valence-corrected chi connectivity index (χ3v) is 6.29. The largest absolute Gasteiger partial charge is 0.383 e. The van der Waals surface area contributed by atoms with Crippen LogP contribution in [0.3, 0.4) is 0 Å². The van der Waals surface area contributed by atoms with Crippen molar-refractivity contribution in [2.24, 2.45) is 0 Å². The maximum absolute atomic E-state index is 14.0.